The zero-order valence-corrected chi connectivity index (χ0v) is 18.6. The van der Waals surface area contributed by atoms with Crippen LogP contribution in [0.15, 0.2) is 58.3 Å². The maximum Gasteiger partial charge on any atom is 0.258 e. The number of hydrogen-bond acceptors (Lipinski definition) is 4. The van der Waals surface area contributed by atoms with Crippen LogP contribution in [0.25, 0.3) is 11.3 Å². The van der Waals surface area contributed by atoms with Gasteiger partial charge in [-0.25, -0.2) is 0 Å². The van der Waals surface area contributed by atoms with Gasteiger partial charge in [-0.05, 0) is 63.3 Å². The molecule has 0 spiro atoms. The Morgan fingerprint density at radius 3 is 2.71 bits per heavy atom. The molecule has 0 saturated carbocycles. The van der Waals surface area contributed by atoms with E-state index in [-0.39, 0.29) is 5.56 Å². The van der Waals surface area contributed by atoms with E-state index in [1.54, 1.807) is 0 Å². The van der Waals surface area contributed by atoms with Crippen LogP contribution in [0.2, 0.25) is 0 Å². The molecule has 1 aromatic carbocycles. The molecule has 0 amide bonds. The second-order valence-electron chi connectivity index (χ2n) is 8.33. The maximum atomic E-state index is 12.6. The second kappa shape index (κ2) is 9.48. The Balaban J connectivity index is 1.58. The second-order valence-corrected chi connectivity index (χ2v) is 8.33. The lowest BCUT2D eigenvalue weighted by atomic mass is 9.97. The van der Waals surface area contributed by atoms with Crippen molar-refractivity contribution in [1.29, 1.82) is 0 Å². The molecule has 5 nitrogen and oxygen atoms in total. The van der Waals surface area contributed by atoms with E-state index in [9.17, 15) is 4.79 Å². The SMILES string of the molecule is CCOCC1CCN(c2ccc(C)c(N=C(C)c3c4cccccc-4[nH]c3=O)c2)CC1. The van der Waals surface area contributed by atoms with Gasteiger partial charge in [0, 0.05) is 43.2 Å². The number of H-pyrrole nitrogens is 1. The Bertz CT molecular complexity index is 1090. The number of aromatic amines is 1. The van der Waals surface area contributed by atoms with Crippen molar-refractivity contribution in [1.82, 2.24) is 4.98 Å². The standard InChI is InChI=1S/C26H31N3O2/c1-4-31-17-20-12-14-29(15-13-20)21-11-10-18(2)24(16-21)27-19(3)25-22-8-6-5-7-9-23(22)28-26(25)30/h5-11,16,20H,4,12-15,17H2,1-3H3,(H,28,30). The zero-order chi connectivity index (χ0) is 21.8. The summed E-state index contributed by atoms with van der Waals surface area (Å²) in [6, 6.07) is 16.2. The average molecular weight is 418 g/mol. The van der Waals surface area contributed by atoms with Crippen molar-refractivity contribution in [2.45, 2.75) is 33.6 Å². The minimum Gasteiger partial charge on any atom is -0.381 e. The highest BCUT2D eigenvalue weighted by Gasteiger charge is 2.20. The van der Waals surface area contributed by atoms with Crippen LogP contribution in [0.1, 0.15) is 37.8 Å². The molecule has 0 aromatic heterocycles. The van der Waals surface area contributed by atoms with E-state index in [1.807, 2.05) is 37.3 Å². The Morgan fingerprint density at radius 1 is 1.16 bits per heavy atom. The van der Waals surface area contributed by atoms with Crippen molar-refractivity contribution < 1.29 is 4.74 Å². The van der Waals surface area contributed by atoms with Crippen molar-refractivity contribution in [3.63, 3.8) is 0 Å². The van der Waals surface area contributed by atoms with Gasteiger partial charge in [0.05, 0.1) is 17.0 Å². The summed E-state index contributed by atoms with van der Waals surface area (Å²) in [5.41, 5.74) is 6.24. The number of aliphatic imine (C=N–C) groups is 1. The fraction of sp³-hybridized carbons (Fsp3) is 0.385. The third-order valence-electron chi connectivity index (χ3n) is 6.16. The van der Waals surface area contributed by atoms with E-state index in [1.165, 1.54) is 5.69 Å². The van der Waals surface area contributed by atoms with Gasteiger partial charge in [-0.2, -0.15) is 0 Å². The van der Waals surface area contributed by atoms with Crippen LogP contribution in [0.5, 0.6) is 0 Å². The van der Waals surface area contributed by atoms with E-state index < -0.39 is 0 Å². The first kappa shape index (κ1) is 21.3. The molecular formula is C26H31N3O2. The van der Waals surface area contributed by atoms with Crippen molar-refractivity contribution in [3.8, 4) is 11.3 Å². The minimum atomic E-state index is -0.0902. The number of aryl methyl sites for hydroxylation is 1. The summed E-state index contributed by atoms with van der Waals surface area (Å²) in [5.74, 6) is 0.653. The van der Waals surface area contributed by atoms with Crippen LogP contribution in [-0.2, 0) is 4.74 Å². The molecule has 0 radical (unpaired) electrons. The lowest BCUT2D eigenvalue weighted by Gasteiger charge is -2.33. The molecular weight excluding hydrogens is 386 g/mol. The number of ether oxygens (including phenoxy) is 1. The molecule has 0 bridgehead atoms. The van der Waals surface area contributed by atoms with Crippen molar-refractivity contribution in [2.75, 3.05) is 31.2 Å². The minimum absolute atomic E-state index is 0.0902. The van der Waals surface area contributed by atoms with E-state index in [0.717, 1.165) is 67.4 Å². The molecule has 2 heterocycles. The van der Waals surface area contributed by atoms with Gasteiger partial charge >= 0.3 is 0 Å². The summed E-state index contributed by atoms with van der Waals surface area (Å²) in [4.78, 5) is 22.9. The molecule has 1 N–H and O–H groups in total. The quantitative estimate of drug-likeness (QED) is 0.562. The number of benzene rings is 1. The van der Waals surface area contributed by atoms with Gasteiger partial charge in [0.15, 0.2) is 0 Å². The van der Waals surface area contributed by atoms with Gasteiger partial charge in [-0.3, -0.25) is 9.79 Å². The van der Waals surface area contributed by atoms with Crippen LogP contribution < -0.4 is 10.5 Å². The number of aromatic nitrogens is 1. The third kappa shape index (κ3) is 4.72. The Morgan fingerprint density at radius 2 is 1.94 bits per heavy atom. The fourth-order valence-electron chi connectivity index (χ4n) is 4.33. The van der Waals surface area contributed by atoms with Crippen LogP contribution in [-0.4, -0.2) is 37.0 Å². The lowest BCUT2D eigenvalue weighted by Crippen LogP contribution is -2.35. The van der Waals surface area contributed by atoms with Gasteiger partial charge in [0.25, 0.3) is 5.56 Å². The molecule has 4 rings (SSSR count). The first-order valence-electron chi connectivity index (χ1n) is 11.2. The highest BCUT2D eigenvalue weighted by molar-refractivity contribution is 6.05. The number of anilines is 1. The summed E-state index contributed by atoms with van der Waals surface area (Å²) in [6.07, 6.45) is 2.30. The monoisotopic (exact) mass is 417 g/mol. The van der Waals surface area contributed by atoms with Crippen LogP contribution >= 0.6 is 0 Å². The van der Waals surface area contributed by atoms with Gasteiger partial charge in [-0.1, -0.05) is 30.3 Å². The van der Waals surface area contributed by atoms with Crippen molar-refractivity contribution in [3.05, 3.63) is 70.0 Å². The summed E-state index contributed by atoms with van der Waals surface area (Å²) in [6.45, 7) is 9.77. The predicted molar refractivity (Wildman–Crippen MR) is 128 cm³/mol. The van der Waals surface area contributed by atoms with Crippen molar-refractivity contribution in [2.24, 2.45) is 10.9 Å². The number of hydrogen-bond donors (Lipinski definition) is 1. The molecule has 0 atom stereocenters. The van der Waals surface area contributed by atoms with Gasteiger partial charge in [-0.15, -0.1) is 0 Å². The van der Waals surface area contributed by atoms with Crippen LogP contribution in [0.4, 0.5) is 11.4 Å². The zero-order valence-electron chi connectivity index (χ0n) is 18.6. The molecule has 3 aliphatic rings. The summed E-state index contributed by atoms with van der Waals surface area (Å²) < 4.78 is 5.61. The normalized spacial score (nSPS) is 15.6. The van der Waals surface area contributed by atoms with Gasteiger partial charge in [0.2, 0.25) is 0 Å². The van der Waals surface area contributed by atoms with Gasteiger partial charge in [0.1, 0.15) is 0 Å². The topological polar surface area (TPSA) is 57.7 Å². The van der Waals surface area contributed by atoms with E-state index in [4.69, 9.17) is 9.73 Å². The third-order valence-corrected chi connectivity index (χ3v) is 6.16. The smallest absolute Gasteiger partial charge is 0.258 e. The summed E-state index contributed by atoms with van der Waals surface area (Å²) in [5, 5.41) is 0. The molecule has 1 aromatic rings. The maximum absolute atomic E-state index is 12.6. The number of fused-ring (bicyclic) bond motifs is 1. The lowest BCUT2D eigenvalue weighted by molar-refractivity contribution is 0.100. The van der Waals surface area contributed by atoms with Crippen LogP contribution in [0, 0.1) is 12.8 Å². The largest absolute Gasteiger partial charge is 0.381 e. The first-order valence-corrected chi connectivity index (χ1v) is 11.2. The Hall–Kier alpha value is -2.92. The summed E-state index contributed by atoms with van der Waals surface area (Å²) in [7, 11) is 0. The molecule has 162 valence electrons. The Labute approximate surface area is 184 Å². The van der Waals surface area contributed by atoms with E-state index in [0.29, 0.717) is 11.5 Å². The number of nitrogens with zero attached hydrogens (tertiary/aromatic N) is 2. The molecule has 1 saturated heterocycles. The highest BCUT2D eigenvalue weighted by Crippen LogP contribution is 2.30. The number of rotatable bonds is 6. The Kier molecular flexibility index (Phi) is 6.52. The number of piperidine rings is 1. The molecule has 1 fully saturated rings. The van der Waals surface area contributed by atoms with Crippen molar-refractivity contribution >= 4 is 17.1 Å². The summed E-state index contributed by atoms with van der Waals surface area (Å²) >= 11 is 0. The fourth-order valence-corrected chi connectivity index (χ4v) is 4.33. The molecule has 0 unspecified atom stereocenters. The van der Waals surface area contributed by atoms with Gasteiger partial charge < -0.3 is 14.6 Å². The highest BCUT2D eigenvalue weighted by atomic mass is 16.5. The van der Waals surface area contributed by atoms with E-state index >= 15 is 0 Å². The molecule has 5 heteroatoms. The molecule has 31 heavy (non-hydrogen) atoms. The molecule has 1 aliphatic carbocycles. The average Bonchev–Trinajstić information content (AvgIpc) is 2.92. The number of nitrogens with one attached hydrogen (secondary N) is 1. The predicted octanol–water partition coefficient (Wildman–Crippen LogP) is 5.18. The van der Waals surface area contributed by atoms with E-state index in [2.05, 4.69) is 41.9 Å². The molecule has 2 aliphatic heterocycles. The first-order chi connectivity index (χ1) is 15.1. The van der Waals surface area contributed by atoms with Crippen LogP contribution in [0.3, 0.4) is 0 Å².